The Morgan fingerprint density at radius 1 is 1.43 bits per heavy atom. The molecule has 1 aliphatic rings. The number of halogens is 1. The largest absolute Gasteiger partial charge is 0.324 e. The van der Waals surface area contributed by atoms with Crippen LogP contribution in [0.15, 0.2) is 28.7 Å². The fraction of sp³-hybridized carbons (Fsp3) is 0.455. The summed E-state index contributed by atoms with van der Waals surface area (Å²) in [6.07, 6.45) is 0. The lowest BCUT2D eigenvalue weighted by molar-refractivity contribution is 0.462. The summed E-state index contributed by atoms with van der Waals surface area (Å²) in [5, 5.41) is 3.34. The van der Waals surface area contributed by atoms with Crippen LogP contribution in [0.4, 0.5) is 0 Å². The molecule has 2 nitrogen and oxygen atoms in total. The highest BCUT2D eigenvalue weighted by Crippen LogP contribution is 2.30. The second-order valence-corrected chi connectivity index (χ2v) is 5.16. The summed E-state index contributed by atoms with van der Waals surface area (Å²) >= 11 is 3.44. The maximum atomic E-state index is 6.22. The lowest BCUT2D eigenvalue weighted by atomic mass is 9.84. The van der Waals surface area contributed by atoms with Crippen LogP contribution in [0.2, 0.25) is 0 Å². The molecule has 14 heavy (non-hydrogen) atoms. The van der Waals surface area contributed by atoms with Crippen molar-refractivity contribution < 1.29 is 0 Å². The number of nitrogens with two attached hydrogens (primary N) is 1. The van der Waals surface area contributed by atoms with Gasteiger partial charge in [-0.3, -0.25) is 0 Å². The van der Waals surface area contributed by atoms with Gasteiger partial charge >= 0.3 is 0 Å². The SMILES string of the molecule is CC1(N)CNCC1c1ccc(Br)cc1. The first-order valence-corrected chi connectivity index (χ1v) is 5.64. The Balaban J connectivity index is 2.27. The van der Waals surface area contributed by atoms with Crippen LogP contribution in [-0.4, -0.2) is 18.6 Å². The fourth-order valence-corrected chi connectivity index (χ4v) is 2.30. The predicted molar refractivity (Wildman–Crippen MR) is 62.3 cm³/mol. The molecule has 76 valence electrons. The highest BCUT2D eigenvalue weighted by Gasteiger charge is 2.35. The van der Waals surface area contributed by atoms with Crippen LogP contribution in [-0.2, 0) is 0 Å². The number of rotatable bonds is 1. The maximum Gasteiger partial charge on any atom is 0.0333 e. The first-order valence-electron chi connectivity index (χ1n) is 4.85. The smallest absolute Gasteiger partial charge is 0.0333 e. The van der Waals surface area contributed by atoms with E-state index in [0.717, 1.165) is 17.6 Å². The molecule has 1 aliphatic heterocycles. The molecule has 2 atom stereocenters. The van der Waals surface area contributed by atoms with Crippen LogP contribution >= 0.6 is 15.9 Å². The minimum Gasteiger partial charge on any atom is -0.324 e. The Bertz CT molecular complexity index is 319. The minimum absolute atomic E-state index is 0.117. The van der Waals surface area contributed by atoms with Gasteiger partial charge in [-0.05, 0) is 24.6 Å². The standard InChI is InChI=1S/C11H15BrN2/c1-11(13)7-14-6-10(11)8-2-4-9(12)5-3-8/h2-5,10,14H,6-7,13H2,1H3. The Hall–Kier alpha value is -0.380. The second kappa shape index (κ2) is 3.65. The van der Waals surface area contributed by atoms with E-state index in [4.69, 9.17) is 5.73 Å². The summed E-state index contributed by atoms with van der Waals surface area (Å²) in [7, 11) is 0. The van der Waals surface area contributed by atoms with E-state index in [-0.39, 0.29) is 5.54 Å². The van der Waals surface area contributed by atoms with E-state index in [0.29, 0.717) is 5.92 Å². The van der Waals surface area contributed by atoms with Gasteiger partial charge in [0.15, 0.2) is 0 Å². The highest BCUT2D eigenvalue weighted by molar-refractivity contribution is 9.10. The van der Waals surface area contributed by atoms with E-state index in [1.807, 2.05) is 0 Å². The number of hydrogen-bond acceptors (Lipinski definition) is 2. The van der Waals surface area contributed by atoms with Crippen LogP contribution in [0.3, 0.4) is 0 Å². The van der Waals surface area contributed by atoms with Crippen molar-refractivity contribution in [2.75, 3.05) is 13.1 Å². The summed E-state index contributed by atoms with van der Waals surface area (Å²) in [4.78, 5) is 0. The molecule has 0 saturated carbocycles. The normalized spacial score (nSPS) is 32.1. The van der Waals surface area contributed by atoms with Gasteiger partial charge in [0.25, 0.3) is 0 Å². The summed E-state index contributed by atoms with van der Waals surface area (Å²) in [5.41, 5.74) is 7.42. The quantitative estimate of drug-likeness (QED) is 0.803. The van der Waals surface area contributed by atoms with Gasteiger partial charge in [-0.1, -0.05) is 28.1 Å². The van der Waals surface area contributed by atoms with Gasteiger partial charge in [-0.25, -0.2) is 0 Å². The van der Waals surface area contributed by atoms with Crippen molar-refractivity contribution in [2.24, 2.45) is 5.73 Å². The topological polar surface area (TPSA) is 38.0 Å². The third-order valence-electron chi connectivity index (χ3n) is 2.92. The second-order valence-electron chi connectivity index (χ2n) is 4.24. The summed E-state index contributed by atoms with van der Waals surface area (Å²) in [6.45, 7) is 3.99. The number of benzene rings is 1. The molecular weight excluding hydrogens is 240 g/mol. The molecule has 0 bridgehead atoms. The number of hydrogen-bond donors (Lipinski definition) is 2. The monoisotopic (exact) mass is 254 g/mol. The van der Waals surface area contributed by atoms with Crippen LogP contribution in [0.1, 0.15) is 18.4 Å². The molecule has 1 fully saturated rings. The van der Waals surface area contributed by atoms with E-state index >= 15 is 0 Å². The molecule has 1 saturated heterocycles. The zero-order valence-electron chi connectivity index (χ0n) is 8.26. The van der Waals surface area contributed by atoms with Gasteiger partial charge in [-0.15, -0.1) is 0 Å². The average molecular weight is 255 g/mol. The van der Waals surface area contributed by atoms with Crippen molar-refractivity contribution >= 4 is 15.9 Å². The molecule has 3 N–H and O–H groups in total. The van der Waals surface area contributed by atoms with Crippen LogP contribution in [0.5, 0.6) is 0 Å². The molecule has 0 amide bonds. The molecule has 2 unspecified atom stereocenters. The Labute approximate surface area is 93.0 Å². The minimum atomic E-state index is -0.117. The number of nitrogens with one attached hydrogen (secondary N) is 1. The first kappa shape index (κ1) is 10.1. The first-order chi connectivity index (χ1) is 6.59. The van der Waals surface area contributed by atoms with Gasteiger partial charge in [0.1, 0.15) is 0 Å². The Morgan fingerprint density at radius 3 is 2.57 bits per heavy atom. The van der Waals surface area contributed by atoms with Crippen molar-refractivity contribution in [3.8, 4) is 0 Å². The Morgan fingerprint density at radius 2 is 2.07 bits per heavy atom. The molecule has 1 aromatic rings. The zero-order valence-corrected chi connectivity index (χ0v) is 9.84. The van der Waals surface area contributed by atoms with Crippen LogP contribution < -0.4 is 11.1 Å². The molecule has 1 heterocycles. The lowest BCUT2D eigenvalue weighted by Crippen LogP contribution is -2.42. The van der Waals surface area contributed by atoms with Gasteiger partial charge in [-0.2, -0.15) is 0 Å². The lowest BCUT2D eigenvalue weighted by Gasteiger charge is -2.26. The fourth-order valence-electron chi connectivity index (χ4n) is 2.04. The Kier molecular flexibility index (Phi) is 2.64. The molecule has 3 heteroatoms. The third kappa shape index (κ3) is 1.85. The van der Waals surface area contributed by atoms with Gasteiger partial charge in [0.2, 0.25) is 0 Å². The van der Waals surface area contributed by atoms with Crippen molar-refractivity contribution in [1.82, 2.24) is 5.32 Å². The van der Waals surface area contributed by atoms with Crippen molar-refractivity contribution in [1.29, 1.82) is 0 Å². The zero-order chi connectivity index (χ0) is 10.2. The predicted octanol–water partition coefficient (Wildman–Crippen LogP) is 1.85. The van der Waals surface area contributed by atoms with E-state index in [2.05, 4.69) is 52.4 Å². The average Bonchev–Trinajstić information content (AvgIpc) is 2.47. The molecule has 0 spiro atoms. The summed E-state index contributed by atoms with van der Waals surface area (Å²) in [6, 6.07) is 8.44. The molecular formula is C11H15BrN2. The van der Waals surface area contributed by atoms with Gasteiger partial charge < -0.3 is 11.1 Å². The van der Waals surface area contributed by atoms with Crippen LogP contribution in [0, 0.1) is 0 Å². The summed E-state index contributed by atoms with van der Waals surface area (Å²) in [5.74, 6) is 0.426. The molecule has 2 rings (SSSR count). The van der Waals surface area contributed by atoms with E-state index < -0.39 is 0 Å². The van der Waals surface area contributed by atoms with Gasteiger partial charge in [0, 0.05) is 29.0 Å². The highest BCUT2D eigenvalue weighted by atomic mass is 79.9. The van der Waals surface area contributed by atoms with Crippen LogP contribution in [0.25, 0.3) is 0 Å². The maximum absolute atomic E-state index is 6.22. The molecule has 0 radical (unpaired) electrons. The molecule has 0 aromatic heterocycles. The molecule has 0 aliphatic carbocycles. The molecule has 1 aromatic carbocycles. The van der Waals surface area contributed by atoms with E-state index in [9.17, 15) is 0 Å². The summed E-state index contributed by atoms with van der Waals surface area (Å²) < 4.78 is 1.12. The van der Waals surface area contributed by atoms with Crippen molar-refractivity contribution in [3.05, 3.63) is 34.3 Å². The van der Waals surface area contributed by atoms with E-state index in [1.165, 1.54) is 5.56 Å². The van der Waals surface area contributed by atoms with Gasteiger partial charge in [0.05, 0.1) is 0 Å². The van der Waals surface area contributed by atoms with E-state index in [1.54, 1.807) is 0 Å². The third-order valence-corrected chi connectivity index (χ3v) is 3.45. The van der Waals surface area contributed by atoms with Crippen molar-refractivity contribution in [2.45, 2.75) is 18.4 Å². The van der Waals surface area contributed by atoms with Crippen molar-refractivity contribution in [3.63, 3.8) is 0 Å².